The first-order valence-electron chi connectivity index (χ1n) is 5.34. The molecule has 1 aromatic carbocycles. The number of hydrogen-bond donors (Lipinski definition) is 3. The lowest BCUT2D eigenvalue weighted by molar-refractivity contribution is 0.258. The van der Waals surface area contributed by atoms with Gasteiger partial charge in [0.2, 0.25) is 0 Å². The summed E-state index contributed by atoms with van der Waals surface area (Å²) in [5.41, 5.74) is 14.9. The van der Waals surface area contributed by atoms with E-state index in [-0.39, 0.29) is 0 Å². The summed E-state index contributed by atoms with van der Waals surface area (Å²) in [7, 11) is 0. The molecule has 0 heterocycles. The fourth-order valence-corrected chi connectivity index (χ4v) is 1.56. The maximum Gasteiger partial charge on any atom is 0.0956 e. The molecule has 1 aliphatic rings. The minimum Gasteiger partial charge on any atom is -0.399 e. The number of nitrogen functional groups attached to an aromatic ring is 1. The van der Waals surface area contributed by atoms with E-state index in [1.165, 1.54) is 0 Å². The van der Waals surface area contributed by atoms with Crippen LogP contribution < -0.4 is 11.5 Å². The van der Waals surface area contributed by atoms with Crippen LogP contribution in [0.25, 0.3) is 0 Å². The molecule has 88 valence electrons. The predicted molar refractivity (Wildman–Crippen MR) is 70.0 cm³/mol. The smallest absolute Gasteiger partial charge is 0.0956 e. The molecule has 1 unspecified atom stereocenters. The van der Waals surface area contributed by atoms with Crippen molar-refractivity contribution in [1.29, 1.82) is 0 Å². The van der Waals surface area contributed by atoms with Crippen LogP contribution in [0.1, 0.15) is 6.92 Å². The summed E-state index contributed by atoms with van der Waals surface area (Å²) in [5, 5.41) is 9.57. The van der Waals surface area contributed by atoms with Crippen LogP contribution in [0, 0.1) is 0 Å². The van der Waals surface area contributed by atoms with Crippen LogP contribution >= 0.6 is 0 Å². The average molecular weight is 229 g/mol. The molecule has 17 heavy (non-hydrogen) atoms. The van der Waals surface area contributed by atoms with Crippen molar-refractivity contribution >= 4 is 17.1 Å². The highest BCUT2D eigenvalue weighted by Gasteiger charge is 2.13. The van der Waals surface area contributed by atoms with Gasteiger partial charge in [-0.05, 0) is 48.9 Å². The number of benzene rings is 1. The Labute approximate surface area is 100.0 Å². The first kappa shape index (κ1) is 11.4. The summed E-state index contributed by atoms with van der Waals surface area (Å²) < 4.78 is 0. The Morgan fingerprint density at radius 3 is 2.47 bits per heavy atom. The highest BCUT2D eigenvalue weighted by atomic mass is 16.3. The lowest BCUT2D eigenvalue weighted by Gasteiger charge is -2.15. The van der Waals surface area contributed by atoms with Gasteiger partial charge in [0.05, 0.1) is 23.2 Å². The third kappa shape index (κ3) is 2.54. The molecule has 0 saturated carbocycles. The molecule has 0 radical (unpaired) electrons. The Bertz CT molecular complexity index is 512. The molecule has 0 aromatic heterocycles. The Hall–Kier alpha value is -2.07. The molecular weight excluding hydrogens is 214 g/mol. The third-order valence-electron chi connectivity index (χ3n) is 2.61. The lowest BCUT2D eigenvalue weighted by Crippen LogP contribution is -2.20. The predicted octanol–water partition coefficient (Wildman–Crippen LogP) is 1.50. The van der Waals surface area contributed by atoms with Crippen LogP contribution in [-0.4, -0.2) is 16.9 Å². The Balaban J connectivity index is 2.34. The molecule has 1 atom stereocenters. The van der Waals surface area contributed by atoms with Gasteiger partial charge in [-0.3, -0.25) is 0 Å². The van der Waals surface area contributed by atoms with E-state index in [1.54, 1.807) is 24.3 Å². The number of hydrogen-bond acceptors (Lipinski definition) is 4. The van der Waals surface area contributed by atoms with Crippen molar-refractivity contribution in [2.75, 3.05) is 5.73 Å². The normalized spacial score (nSPS) is 22.2. The van der Waals surface area contributed by atoms with Gasteiger partial charge in [-0.15, -0.1) is 0 Å². The van der Waals surface area contributed by atoms with Crippen molar-refractivity contribution in [3.05, 3.63) is 47.7 Å². The fraction of sp³-hybridized carbons (Fsp3) is 0.154. The Kier molecular flexibility index (Phi) is 2.97. The van der Waals surface area contributed by atoms with Gasteiger partial charge < -0.3 is 16.6 Å². The van der Waals surface area contributed by atoms with Gasteiger partial charge in [-0.2, -0.15) is 0 Å². The van der Waals surface area contributed by atoms with E-state index < -0.39 is 6.10 Å². The molecule has 4 nitrogen and oxygen atoms in total. The monoisotopic (exact) mass is 229 g/mol. The topological polar surface area (TPSA) is 84.6 Å². The van der Waals surface area contributed by atoms with E-state index in [4.69, 9.17) is 11.5 Å². The fourth-order valence-electron chi connectivity index (χ4n) is 1.56. The highest BCUT2D eigenvalue weighted by molar-refractivity contribution is 6.10. The summed E-state index contributed by atoms with van der Waals surface area (Å²) in [6.07, 6.45) is 2.77. The van der Waals surface area contributed by atoms with E-state index in [1.807, 2.05) is 19.1 Å². The summed E-state index contributed by atoms with van der Waals surface area (Å²) in [6, 6.07) is 7.22. The average Bonchev–Trinajstić information content (AvgIpc) is 2.29. The van der Waals surface area contributed by atoms with E-state index in [2.05, 4.69) is 4.99 Å². The molecule has 0 spiro atoms. The number of allylic oxidation sites excluding steroid dienone is 1. The van der Waals surface area contributed by atoms with E-state index in [0.717, 1.165) is 11.3 Å². The number of rotatable bonds is 1. The molecule has 5 N–H and O–H groups in total. The van der Waals surface area contributed by atoms with Gasteiger partial charge in [0.1, 0.15) is 0 Å². The summed E-state index contributed by atoms with van der Waals surface area (Å²) >= 11 is 0. The maximum absolute atomic E-state index is 9.57. The van der Waals surface area contributed by atoms with Crippen LogP contribution in [0.5, 0.6) is 0 Å². The number of aliphatic hydroxyl groups is 1. The van der Waals surface area contributed by atoms with Gasteiger partial charge in [-0.25, -0.2) is 4.99 Å². The van der Waals surface area contributed by atoms with Crippen molar-refractivity contribution in [3.63, 3.8) is 0 Å². The number of aliphatic imine (C=N–C) groups is 1. The zero-order valence-corrected chi connectivity index (χ0v) is 9.59. The largest absolute Gasteiger partial charge is 0.399 e. The standard InChI is InChI=1S/C13H15N3O/c1-8-6-12(11(15)7-13(8)17)16-10-4-2-9(14)3-5-10/h2-7,13,17H,14-15H2,1H3. The minimum atomic E-state index is -0.611. The first-order chi connectivity index (χ1) is 8.06. The first-order valence-corrected chi connectivity index (χ1v) is 5.34. The second-order valence-electron chi connectivity index (χ2n) is 4.04. The highest BCUT2D eigenvalue weighted by Crippen LogP contribution is 2.19. The molecule has 1 aliphatic carbocycles. The SMILES string of the molecule is CC1=CC(=Nc2ccc(N)cc2)C(N)=CC1O. The minimum absolute atomic E-state index is 0.486. The molecule has 2 rings (SSSR count). The van der Waals surface area contributed by atoms with Crippen LogP contribution in [-0.2, 0) is 0 Å². The second-order valence-corrected chi connectivity index (χ2v) is 4.04. The molecular formula is C13H15N3O. The van der Waals surface area contributed by atoms with Gasteiger partial charge in [-0.1, -0.05) is 0 Å². The maximum atomic E-state index is 9.57. The van der Waals surface area contributed by atoms with Crippen LogP contribution in [0.3, 0.4) is 0 Å². The molecule has 0 bridgehead atoms. The summed E-state index contributed by atoms with van der Waals surface area (Å²) in [6.45, 7) is 1.84. The summed E-state index contributed by atoms with van der Waals surface area (Å²) in [4.78, 5) is 4.41. The van der Waals surface area contributed by atoms with Crippen molar-refractivity contribution in [2.24, 2.45) is 10.7 Å². The molecule has 0 fully saturated rings. The lowest BCUT2D eigenvalue weighted by atomic mass is 10.0. The van der Waals surface area contributed by atoms with Crippen molar-refractivity contribution in [2.45, 2.75) is 13.0 Å². The van der Waals surface area contributed by atoms with E-state index >= 15 is 0 Å². The third-order valence-corrected chi connectivity index (χ3v) is 2.61. The van der Waals surface area contributed by atoms with Gasteiger partial charge in [0.15, 0.2) is 0 Å². The van der Waals surface area contributed by atoms with Crippen molar-refractivity contribution < 1.29 is 5.11 Å². The van der Waals surface area contributed by atoms with Crippen LogP contribution in [0.4, 0.5) is 11.4 Å². The summed E-state index contributed by atoms with van der Waals surface area (Å²) in [5.74, 6) is 0. The van der Waals surface area contributed by atoms with Crippen LogP contribution in [0.15, 0.2) is 52.7 Å². The molecule has 0 saturated heterocycles. The van der Waals surface area contributed by atoms with E-state index in [0.29, 0.717) is 17.1 Å². The van der Waals surface area contributed by atoms with Gasteiger partial charge in [0.25, 0.3) is 0 Å². The number of nitrogens with zero attached hydrogens (tertiary/aromatic N) is 1. The molecule has 4 heteroatoms. The molecule has 1 aromatic rings. The van der Waals surface area contributed by atoms with Crippen LogP contribution in [0.2, 0.25) is 0 Å². The number of aliphatic hydroxyl groups excluding tert-OH is 1. The molecule has 0 aliphatic heterocycles. The van der Waals surface area contributed by atoms with Gasteiger partial charge >= 0.3 is 0 Å². The zero-order valence-electron chi connectivity index (χ0n) is 9.59. The van der Waals surface area contributed by atoms with Gasteiger partial charge in [0, 0.05) is 5.69 Å². The Morgan fingerprint density at radius 2 is 1.82 bits per heavy atom. The number of anilines is 1. The second kappa shape index (κ2) is 4.43. The van der Waals surface area contributed by atoms with E-state index in [9.17, 15) is 5.11 Å². The quantitative estimate of drug-likeness (QED) is 0.638. The van der Waals surface area contributed by atoms with Crippen molar-refractivity contribution in [3.8, 4) is 0 Å². The molecule has 0 amide bonds. The zero-order chi connectivity index (χ0) is 12.4. The Morgan fingerprint density at radius 1 is 1.18 bits per heavy atom. The number of nitrogens with two attached hydrogens (primary N) is 2. The van der Waals surface area contributed by atoms with Crippen molar-refractivity contribution in [1.82, 2.24) is 0 Å².